The average Bonchev–Trinajstić information content (AvgIpc) is 2.49. The highest BCUT2D eigenvalue weighted by molar-refractivity contribution is 7.80. The largest absolute Gasteiger partial charge is 0.497 e. The van der Waals surface area contributed by atoms with Crippen molar-refractivity contribution >= 4 is 34.8 Å². The molecule has 0 aliphatic carbocycles. The summed E-state index contributed by atoms with van der Waals surface area (Å²) < 4.78 is 5.13. The molecule has 2 aromatic carbocycles. The summed E-state index contributed by atoms with van der Waals surface area (Å²) in [6, 6.07) is 15.1. The molecule has 0 bridgehead atoms. The number of rotatable bonds is 4. The van der Waals surface area contributed by atoms with E-state index in [1.54, 1.807) is 18.3 Å². The predicted molar refractivity (Wildman–Crippen MR) is 92.2 cm³/mol. The van der Waals surface area contributed by atoms with Crippen molar-refractivity contribution < 1.29 is 4.74 Å². The van der Waals surface area contributed by atoms with Gasteiger partial charge in [0.1, 0.15) is 10.7 Å². The first kappa shape index (κ1) is 15.0. The molecule has 108 valence electrons. The van der Waals surface area contributed by atoms with Crippen LogP contribution in [0.2, 0.25) is 0 Å². The maximum atomic E-state index is 5.97. The van der Waals surface area contributed by atoms with Gasteiger partial charge < -0.3 is 10.5 Å². The Bertz CT molecular complexity index is 653. The molecule has 0 saturated heterocycles. The molecule has 0 unspecified atom stereocenters. The zero-order valence-corrected chi connectivity index (χ0v) is 12.8. The average molecular weight is 299 g/mol. The molecular formula is C16H17N3OS. The third-order valence-electron chi connectivity index (χ3n) is 2.90. The van der Waals surface area contributed by atoms with Gasteiger partial charge in [0.15, 0.2) is 0 Å². The van der Waals surface area contributed by atoms with Crippen LogP contribution in [-0.2, 0) is 0 Å². The zero-order chi connectivity index (χ0) is 15.2. The van der Waals surface area contributed by atoms with Crippen molar-refractivity contribution in [3.05, 3.63) is 54.1 Å². The minimum Gasteiger partial charge on any atom is -0.497 e. The SMILES string of the molecule is COc1ccc(C=NN(C(C)=S)c2ccccc2N)cc1. The number of hydrogen-bond acceptors (Lipinski definition) is 4. The fourth-order valence-electron chi connectivity index (χ4n) is 1.81. The van der Waals surface area contributed by atoms with Crippen molar-refractivity contribution in [1.82, 2.24) is 0 Å². The second kappa shape index (κ2) is 6.85. The lowest BCUT2D eigenvalue weighted by atomic mass is 10.2. The first-order valence-corrected chi connectivity index (χ1v) is 6.86. The molecule has 0 aromatic heterocycles. The van der Waals surface area contributed by atoms with E-state index in [1.165, 1.54) is 0 Å². The van der Waals surface area contributed by atoms with Crippen molar-refractivity contribution in [2.45, 2.75) is 6.92 Å². The van der Waals surface area contributed by atoms with Gasteiger partial charge in [-0.1, -0.05) is 24.4 Å². The van der Waals surface area contributed by atoms with Gasteiger partial charge in [-0.3, -0.25) is 0 Å². The van der Waals surface area contributed by atoms with Crippen LogP contribution in [0.5, 0.6) is 5.75 Å². The molecule has 0 atom stereocenters. The molecular weight excluding hydrogens is 282 g/mol. The number of ether oxygens (including phenoxy) is 1. The molecule has 0 radical (unpaired) electrons. The lowest BCUT2D eigenvalue weighted by Crippen LogP contribution is -2.21. The van der Waals surface area contributed by atoms with Crippen LogP contribution in [0.15, 0.2) is 53.6 Å². The minimum absolute atomic E-state index is 0.623. The Morgan fingerprint density at radius 3 is 2.43 bits per heavy atom. The Morgan fingerprint density at radius 2 is 1.86 bits per heavy atom. The van der Waals surface area contributed by atoms with Crippen molar-refractivity contribution in [3.63, 3.8) is 0 Å². The lowest BCUT2D eigenvalue weighted by molar-refractivity contribution is 0.415. The van der Waals surface area contributed by atoms with Gasteiger partial charge in [0, 0.05) is 0 Å². The van der Waals surface area contributed by atoms with E-state index < -0.39 is 0 Å². The second-order valence-electron chi connectivity index (χ2n) is 4.41. The fourth-order valence-corrected chi connectivity index (χ4v) is 1.95. The topological polar surface area (TPSA) is 50.8 Å². The number of benzene rings is 2. The smallest absolute Gasteiger partial charge is 0.118 e. The number of para-hydroxylation sites is 2. The standard InChI is InChI=1S/C16H17N3OS/c1-12(21)19(16-6-4-3-5-15(16)17)18-11-13-7-9-14(20-2)10-8-13/h3-11H,17H2,1-2H3. The van der Waals surface area contributed by atoms with E-state index >= 15 is 0 Å². The Hall–Kier alpha value is -2.40. The van der Waals surface area contributed by atoms with E-state index in [0.717, 1.165) is 17.0 Å². The van der Waals surface area contributed by atoms with Crippen LogP contribution in [0.3, 0.4) is 0 Å². The summed E-state index contributed by atoms with van der Waals surface area (Å²) in [5.74, 6) is 0.808. The van der Waals surface area contributed by atoms with Gasteiger partial charge in [-0.05, 0) is 48.9 Å². The van der Waals surface area contributed by atoms with Gasteiger partial charge in [0.2, 0.25) is 0 Å². The number of nitrogen functional groups attached to an aromatic ring is 1. The Morgan fingerprint density at radius 1 is 1.19 bits per heavy atom. The van der Waals surface area contributed by atoms with Crippen molar-refractivity contribution in [2.24, 2.45) is 5.10 Å². The van der Waals surface area contributed by atoms with Gasteiger partial charge in [-0.2, -0.15) is 5.10 Å². The molecule has 4 nitrogen and oxygen atoms in total. The summed E-state index contributed by atoms with van der Waals surface area (Å²) in [6.07, 6.45) is 1.74. The summed E-state index contributed by atoms with van der Waals surface area (Å²) in [5, 5.41) is 6.07. The maximum Gasteiger partial charge on any atom is 0.118 e. The van der Waals surface area contributed by atoms with Gasteiger partial charge >= 0.3 is 0 Å². The molecule has 0 fully saturated rings. The molecule has 0 saturated carbocycles. The van der Waals surface area contributed by atoms with Gasteiger partial charge in [0.25, 0.3) is 0 Å². The van der Waals surface area contributed by atoms with E-state index in [9.17, 15) is 0 Å². The van der Waals surface area contributed by atoms with Crippen LogP contribution in [0.4, 0.5) is 11.4 Å². The van der Waals surface area contributed by atoms with Crippen molar-refractivity contribution in [3.8, 4) is 5.75 Å². The highest BCUT2D eigenvalue weighted by Crippen LogP contribution is 2.23. The van der Waals surface area contributed by atoms with Crippen LogP contribution in [-0.4, -0.2) is 18.3 Å². The molecule has 0 spiro atoms. The third kappa shape index (κ3) is 3.79. The van der Waals surface area contributed by atoms with Crippen LogP contribution in [0, 0.1) is 0 Å². The number of thiocarbonyl (C=S) groups is 1. The van der Waals surface area contributed by atoms with Gasteiger partial charge in [-0.25, -0.2) is 5.01 Å². The molecule has 0 amide bonds. The number of nitrogens with two attached hydrogens (primary N) is 1. The zero-order valence-electron chi connectivity index (χ0n) is 12.0. The van der Waals surface area contributed by atoms with Crippen LogP contribution >= 0.6 is 12.2 Å². The van der Waals surface area contributed by atoms with Gasteiger partial charge in [-0.15, -0.1) is 0 Å². The Kier molecular flexibility index (Phi) is 4.90. The highest BCUT2D eigenvalue weighted by atomic mass is 32.1. The number of anilines is 2. The van der Waals surface area contributed by atoms with Crippen molar-refractivity contribution in [2.75, 3.05) is 17.9 Å². The summed E-state index contributed by atoms with van der Waals surface area (Å²) in [6.45, 7) is 1.81. The normalized spacial score (nSPS) is 10.6. The minimum atomic E-state index is 0.623. The molecule has 2 aromatic rings. The molecule has 21 heavy (non-hydrogen) atoms. The van der Waals surface area contributed by atoms with Crippen molar-refractivity contribution in [1.29, 1.82) is 0 Å². The molecule has 5 heteroatoms. The first-order valence-electron chi connectivity index (χ1n) is 6.45. The molecule has 0 aliphatic heterocycles. The molecule has 2 N–H and O–H groups in total. The van der Waals surface area contributed by atoms with E-state index in [-0.39, 0.29) is 0 Å². The Balaban J connectivity index is 2.25. The summed E-state index contributed by atoms with van der Waals surface area (Å²) in [7, 11) is 1.64. The van der Waals surface area contributed by atoms with Gasteiger partial charge in [0.05, 0.1) is 24.7 Å². The molecule has 2 rings (SSSR count). The predicted octanol–water partition coefficient (Wildman–Crippen LogP) is 3.47. The molecule has 0 heterocycles. The third-order valence-corrected chi connectivity index (χ3v) is 3.07. The summed E-state index contributed by atoms with van der Waals surface area (Å²) >= 11 is 5.25. The lowest BCUT2D eigenvalue weighted by Gasteiger charge is -2.19. The maximum absolute atomic E-state index is 5.97. The summed E-state index contributed by atoms with van der Waals surface area (Å²) in [4.78, 5) is 0.623. The number of nitrogens with zero attached hydrogens (tertiary/aromatic N) is 2. The van der Waals surface area contributed by atoms with E-state index in [0.29, 0.717) is 10.7 Å². The number of hydrogen-bond donors (Lipinski definition) is 1. The van der Waals surface area contributed by atoms with E-state index in [2.05, 4.69) is 5.10 Å². The highest BCUT2D eigenvalue weighted by Gasteiger charge is 2.09. The summed E-state index contributed by atoms with van der Waals surface area (Å²) in [5.41, 5.74) is 8.33. The number of methoxy groups -OCH3 is 1. The number of hydrazone groups is 1. The van der Waals surface area contributed by atoms with E-state index in [4.69, 9.17) is 22.7 Å². The molecule has 0 aliphatic rings. The van der Waals surface area contributed by atoms with Crippen LogP contribution in [0.25, 0.3) is 0 Å². The van der Waals surface area contributed by atoms with Crippen LogP contribution < -0.4 is 15.5 Å². The Labute approximate surface area is 129 Å². The second-order valence-corrected chi connectivity index (χ2v) is 5.00. The van der Waals surface area contributed by atoms with E-state index in [1.807, 2.05) is 55.5 Å². The first-order chi connectivity index (χ1) is 10.1. The monoisotopic (exact) mass is 299 g/mol. The quantitative estimate of drug-likeness (QED) is 0.406. The fraction of sp³-hybridized carbons (Fsp3) is 0.125. The van der Waals surface area contributed by atoms with Crippen LogP contribution in [0.1, 0.15) is 12.5 Å².